The van der Waals surface area contributed by atoms with Gasteiger partial charge in [0.2, 0.25) is 11.8 Å². The Bertz CT molecular complexity index is 577. The Kier molecular flexibility index (Phi) is 4.63. The summed E-state index contributed by atoms with van der Waals surface area (Å²) in [6.07, 6.45) is 5.72. The fourth-order valence-corrected chi connectivity index (χ4v) is 3.42. The summed E-state index contributed by atoms with van der Waals surface area (Å²) < 4.78 is 1.73. The van der Waals surface area contributed by atoms with Crippen molar-refractivity contribution in [3.63, 3.8) is 0 Å². The highest BCUT2D eigenvalue weighted by Gasteiger charge is 2.35. The zero-order valence-electron chi connectivity index (χ0n) is 13.9. The Balaban J connectivity index is 1.72. The van der Waals surface area contributed by atoms with Crippen molar-refractivity contribution >= 4 is 11.8 Å². The summed E-state index contributed by atoms with van der Waals surface area (Å²) in [5.74, 6) is 0.420. The van der Waals surface area contributed by atoms with Crippen LogP contribution in [0.5, 0.6) is 0 Å². The van der Waals surface area contributed by atoms with Gasteiger partial charge < -0.3 is 9.80 Å². The summed E-state index contributed by atoms with van der Waals surface area (Å²) in [4.78, 5) is 28.8. The highest BCUT2D eigenvalue weighted by atomic mass is 16.2. The van der Waals surface area contributed by atoms with Crippen molar-refractivity contribution in [3.8, 4) is 0 Å². The first-order valence-electron chi connectivity index (χ1n) is 8.52. The average Bonchev–Trinajstić information content (AvgIpc) is 3.00. The van der Waals surface area contributed by atoms with Gasteiger partial charge in [-0.05, 0) is 31.6 Å². The summed E-state index contributed by atoms with van der Waals surface area (Å²) in [6.45, 7) is 6.38. The van der Waals surface area contributed by atoms with Gasteiger partial charge in [0.15, 0.2) is 0 Å². The van der Waals surface area contributed by atoms with E-state index in [0.29, 0.717) is 18.9 Å². The molecular formula is C16H25N5O2. The summed E-state index contributed by atoms with van der Waals surface area (Å²) in [5, 5.41) is 8.01. The molecule has 126 valence electrons. The van der Waals surface area contributed by atoms with Gasteiger partial charge >= 0.3 is 0 Å². The minimum atomic E-state index is -0.338. The van der Waals surface area contributed by atoms with Crippen LogP contribution in [0.3, 0.4) is 0 Å². The van der Waals surface area contributed by atoms with Gasteiger partial charge in [0.05, 0.1) is 18.4 Å². The first-order chi connectivity index (χ1) is 11.1. The minimum absolute atomic E-state index is 0.0120. The summed E-state index contributed by atoms with van der Waals surface area (Å²) in [7, 11) is 0. The molecule has 7 nitrogen and oxygen atoms in total. The molecule has 2 aliphatic rings. The number of likely N-dealkylation sites (tertiary alicyclic amines) is 1. The first kappa shape index (κ1) is 16.0. The topological polar surface area (TPSA) is 71.3 Å². The Labute approximate surface area is 136 Å². The Hall–Kier alpha value is -1.92. The van der Waals surface area contributed by atoms with Crippen molar-refractivity contribution in [2.45, 2.75) is 52.1 Å². The fourth-order valence-electron chi connectivity index (χ4n) is 3.42. The van der Waals surface area contributed by atoms with Crippen LogP contribution in [0.15, 0.2) is 6.20 Å². The molecule has 0 bridgehead atoms. The third kappa shape index (κ3) is 3.38. The van der Waals surface area contributed by atoms with E-state index >= 15 is 0 Å². The molecule has 1 aromatic heterocycles. The van der Waals surface area contributed by atoms with Crippen molar-refractivity contribution in [1.82, 2.24) is 24.8 Å². The predicted octanol–water partition coefficient (Wildman–Crippen LogP) is 1.22. The average molecular weight is 319 g/mol. The molecule has 3 rings (SSSR count). The number of aromatic nitrogens is 3. The van der Waals surface area contributed by atoms with E-state index in [1.807, 2.05) is 4.90 Å². The zero-order chi connectivity index (χ0) is 16.4. The monoisotopic (exact) mass is 319 g/mol. The Morgan fingerprint density at radius 3 is 2.74 bits per heavy atom. The molecule has 0 radical (unpaired) electrons. The van der Waals surface area contributed by atoms with E-state index in [4.69, 9.17) is 0 Å². The van der Waals surface area contributed by atoms with Crippen LogP contribution >= 0.6 is 0 Å². The highest BCUT2D eigenvalue weighted by Crippen LogP contribution is 2.26. The second kappa shape index (κ2) is 6.68. The molecule has 2 aliphatic heterocycles. The molecule has 1 atom stereocenters. The molecule has 1 aromatic rings. The summed E-state index contributed by atoms with van der Waals surface area (Å²) >= 11 is 0. The molecule has 1 saturated heterocycles. The lowest BCUT2D eigenvalue weighted by Gasteiger charge is -2.35. The number of carbonyl (C=O) groups excluding carboxylic acids is 2. The number of amides is 2. The maximum absolute atomic E-state index is 12.8. The second-order valence-corrected chi connectivity index (χ2v) is 6.95. The molecule has 0 aromatic carbocycles. The number of hydrogen-bond donors (Lipinski definition) is 0. The normalized spacial score (nSPS) is 21.7. The van der Waals surface area contributed by atoms with Gasteiger partial charge in [0, 0.05) is 13.1 Å². The third-order valence-electron chi connectivity index (χ3n) is 4.62. The Morgan fingerprint density at radius 1 is 1.30 bits per heavy atom. The lowest BCUT2D eigenvalue weighted by molar-refractivity contribution is -0.145. The number of fused-ring (bicyclic) bond motifs is 1. The number of carbonyl (C=O) groups is 2. The molecular weight excluding hydrogens is 294 g/mol. The standard InChI is InChI=1S/C16H25N5O2/c1-12(2)8-14-16(23)20(10-13-9-17-18-21(13)14)11-15(22)19-6-4-3-5-7-19/h9,12,14H,3-8,10-11H2,1-2H3/t14-/m0/s1. The maximum Gasteiger partial charge on any atom is 0.248 e. The number of rotatable bonds is 4. The van der Waals surface area contributed by atoms with Crippen molar-refractivity contribution in [2.75, 3.05) is 19.6 Å². The van der Waals surface area contributed by atoms with Crippen LogP contribution in [0.1, 0.15) is 51.3 Å². The van der Waals surface area contributed by atoms with Crippen LogP contribution in [0, 0.1) is 5.92 Å². The largest absolute Gasteiger partial charge is 0.341 e. The summed E-state index contributed by atoms with van der Waals surface area (Å²) in [5.41, 5.74) is 0.904. The molecule has 0 spiro atoms. The zero-order valence-corrected chi connectivity index (χ0v) is 13.9. The molecule has 0 N–H and O–H groups in total. The van der Waals surface area contributed by atoms with Gasteiger partial charge in [0.25, 0.3) is 0 Å². The molecule has 0 unspecified atom stereocenters. The smallest absolute Gasteiger partial charge is 0.248 e. The van der Waals surface area contributed by atoms with E-state index in [2.05, 4.69) is 24.2 Å². The van der Waals surface area contributed by atoms with Crippen molar-refractivity contribution < 1.29 is 9.59 Å². The van der Waals surface area contributed by atoms with Crippen LogP contribution < -0.4 is 0 Å². The first-order valence-corrected chi connectivity index (χ1v) is 8.52. The third-order valence-corrected chi connectivity index (χ3v) is 4.62. The lowest BCUT2D eigenvalue weighted by Crippen LogP contribution is -2.49. The van der Waals surface area contributed by atoms with E-state index in [9.17, 15) is 9.59 Å². The molecule has 1 fully saturated rings. The molecule has 3 heterocycles. The SMILES string of the molecule is CC(C)C[C@H]1C(=O)N(CC(=O)N2CCCCC2)Cc2cnnn21. The van der Waals surface area contributed by atoms with Gasteiger partial charge in [0.1, 0.15) is 12.6 Å². The molecule has 0 saturated carbocycles. The summed E-state index contributed by atoms with van der Waals surface area (Å²) in [6, 6.07) is -0.338. The van der Waals surface area contributed by atoms with E-state index in [1.54, 1.807) is 15.8 Å². The Morgan fingerprint density at radius 2 is 2.04 bits per heavy atom. The molecule has 23 heavy (non-hydrogen) atoms. The van der Waals surface area contributed by atoms with Crippen LogP contribution in [0.4, 0.5) is 0 Å². The van der Waals surface area contributed by atoms with Crippen LogP contribution in [-0.4, -0.2) is 56.2 Å². The van der Waals surface area contributed by atoms with Crippen LogP contribution in [0.2, 0.25) is 0 Å². The second-order valence-electron chi connectivity index (χ2n) is 6.95. The fraction of sp³-hybridized carbons (Fsp3) is 0.750. The predicted molar refractivity (Wildman–Crippen MR) is 84.4 cm³/mol. The minimum Gasteiger partial charge on any atom is -0.341 e. The lowest BCUT2D eigenvalue weighted by atomic mass is 10.0. The maximum atomic E-state index is 12.8. The molecule has 7 heteroatoms. The van der Waals surface area contributed by atoms with Gasteiger partial charge in [-0.25, -0.2) is 4.68 Å². The van der Waals surface area contributed by atoms with Gasteiger partial charge in [-0.1, -0.05) is 19.1 Å². The van der Waals surface area contributed by atoms with E-state index in [1.165, 1.54) is 6.42 Å². The molecule has 2 amide bonds. The highest BCUT2D eigenvalue weighted by molar-refractivity contribution is 5.87. The van der Waals surface area contributed by atoms with E-state index < -0.39 is 0 Å². The van der Waals surface area contributed by atoms with E-state index in [-0.39, 0.29) is 24.4 Å². The number of hydrogen-bond acceptors (Lipinski definition) is 4. The van der Waals surface area contributed by atoms with Gasteiger partial charge in [-0.3, -0.25) is 9.59 Å². The van der Waals surface area contributed by atoms with Crippen LogP contribution in [-0.2, 0) is 16.1 Å². The van der Waals surface area contributed by atoms with Crippen LogP contribution in [0.25, 0.3) is 0 Å². The number of piperidine rings is 1. The number of nitrogens with zero attached hydrogens (tertiary/aromatic N) is 5. The van der Waals surface area contributed by atoms with E-state index in [0.717, 1.165) is 31.6 Å². The van der Waals surface area contributed by atoms with Gasteiger partial charge in [-0.15, -0.1) is 5.10 Å². The van der Waals surface area contributed by atoms with Gasteiger partial charge in [-0.2, -0.15) is 0 Å². The molecule has 0 aliphatic carbocycles. The van der Waals surface area contributed by atoms with Crippen molar-refractivity contribution in [3.05, 3.63) is 11.9 Å². The quantitative estimate of drug-likeness (QED) is 0.836. The van der Waals surface area contributed by atoms with Crippen molar-refractivity contribution in [1.29, 1.82) is 0 Å². The van der Waals surface area contributed by atoms with Crippen molar-refractivity contribution in [2.24, 2.45) is 5.92 Å².